The van der Waals surface area contributed by atoms with E-state index in [1.807, 2.05) is 20.8 Å². The highest BCUT2D eigenvalue weighted by Gasteiger charge is 2.26. The highest BCUT2D eigenvalue weighted by molar-refractivity contribution is 7.92. The van der Waals surface area contributed by atoms with E-state index in [4.69, 9.17) is 14.2 Å². The molecule has 0 atom stereocenters. The van der Waals surface area contributed by atoms with Gasteiger partial charge in [-0.25, -0.2) is 23.4 Å². The van der Waals surface area contributed by atoms with E-state index in [9.17, 15) is 13.5 Å². The van der Waals surface area contributed by atoms with E-state index >= 15 is 0 Å². The molecule has 1 heterocycles. The zero-order chi connectivity index (χ0) is 29.3. The summed E-state index contributed by atoms with van der Waals surface area (Å²) in [6.45, 7) is 10.9. The Bertz CT molecular complexity index is 1500. The second kappa shape index (κ2) is 13.2. The van der Waals surface area contributed by atoms with E-state index in [-0.39, 0.29) is 58.4 Å². The van der Waals surface area contributed by atoms with Crippen molar-refractivity contribution in [3.63, 3.8) is 0 Å². The third-order valence-corrected chi connectivity index (χ3v) is 6.76. The maximum absolute atomic E-state index is 13.5. The lowest BCUT2D eigenvalue weighted by Gasteiger charge is -2.20. The molecule has 3 rings (SSSR count). The first kappa shape index (κ1) is 30.3. The van der Waals surface area contributed by atoms with E-state index in [0.29, 0.717) is 5.75 Å². The van der Waals surface area contributed by atoms with Crippen molar-refractivity contribution >= 4 is 28.4 Å². The molecule has 212 valence electrons. The number of aliphatic hydroxyl groups is 1. The summed E-state index contributed by atoms with van der Waals surface area (Å²) in [6, 6.07) is 13.3. The molecule has 0 radical (unpaired) electrons. The van der Waals surface area contributed by atoms with Gasteiger partial charge in [0, 0.05) is 6.20 Å². The van der Waals surface area contributed by atoms with Crippen molar-refractivity contribution in [2.24, 2.45) is 9.98 Å². The second-order valence-electron chi connectivity index (χ2n) is 9.33. The molecule has 0 bridgehead atoms. The largest absolute Gasteiger partial charge is 0.493 e. The summed E-state index contributed by atoms with van der Waals surface area (Å²) in [5, 5.41) is 9.41. The third kappa shape index (κ3) is 7.42. The topological polar surface area (TPSA) is 145 Å². The maximum atomic E-state index is 13.5. The average Bonchev–Trinajstić information content (AvgIpc) is 2.93. The number of ether oxygens (including phenoxy) is 3. The van der Waals surface area contributed by atoms with Crippen LogP contribution in [-0.4, -0.2) is 56.4 Å². The fraction of sp³-hybridized carbons (Fsp3) is 0.286. The van der Waals surface area contributed by atoms with Gasteiger partial charge in [-0.3, -0.25) is 4.72 Å². The van der Waals surface area contributed by atoms with Crippen LogP contribution >= 0.6 is 0 Å². The van der Waals surface area contributed by atoms with Crippen LogP contribution in [0.2, 0.25) is 0 Å². The highest BCUT2D eigenvalue weighted by atomic mass is 32.2. The van der Waals surface area contributed by atoms with Crippen molar-refractivity contribution in [3.05, 3.63) is 72.2 Å². The summed E-state index contributed by atoms with van der Waals surface area (Å²) < 4.78 is 46.6. The van der Waals surface area contributed by atoms with Gasteiger partial charge in [-0.05, 0) is 48.9 Å². The Kier molecular flexibility index (Phi) is 9.97. The SMILES string of the molecule is C=NC(=N/C=C\C)c1nc(NS(=O)(=O)c2ccc(C(C)(C)C)cc2)c(Oc2ccccc2OC)c(OCCO)n1. The zero-order valence-electron chi connectivity index (χ0n) is 23.1. The first-order chi connectivity index (χ1) is 19.0. The number of hydrogen-bond donors (Lipinski definition) is 2. The minimum Gasteiger partial charge on any atom is -0.493 e. The van der Waals surface area contributed by atoms with Crippen LogP contribution < -0.4 is 18.9 Å². The van der Waals surface area contributed by atoms with Gasteiger partial charge in [0.25, 0.3) is 15.9 Å². The van der Waals surface area contributed by atoms with Crippen LogP contribution in [0.5, 0.6) is 23.1 Å². The molecule has 0 saturated heterocycles. The number of benzene rings is 2. The molecule has 3 aromatic rings. The minimum atomic E-state index is -4.17. The molecule has 12 heteroatoms. The Morgan fingerprint density at radius 1 is 1.10 bits per heavy atom. The lowest BCUT2D eigenvalue weighted by molar-refractivity contribution is 0.192. The van der Waals surface area contributed by atoms with Crippen molar-refractivity contribution in [1.29, 1.82) is 0 Å². The van der Waals surface area contributed by atoms with Gasteiger partial charge < -0.3 is 19.3 Å². The zero-order valence-corrected chi connectivity index (χ0v) is 23.9. The van der Waals surface area contributed by atoms with E-state index < -0.39 is 10.0 Å². The summed E-state index contributed by atoms with van der Waals surface area (Å²) >= 11 is 0. The molecule has 11 nitrogen and oxygen atoms in total. The van der Waals surface area contributed by atoms with E-state index in [2.05, 4.69) is 31.4 Å². The molecule has 0 spiro atoms. The Labute approximate surface area is 234 Å². The summed E-state index contributed by atoms with van der Waals surface area (Å²) in [5.74, 6) is -0.0432. The fourth-order valence-corrected chi connectivity index (χ4v) is 4.38. The van der Waals surface area contributed by atoms with Gasteiger partial charge >= 0.3 is 0 Å². The first-order valence-corrected chi connectivity index (χ1v) is 13.8. The predicted octanol–water partition coefficient (Wildman–Crippen LogP) is 4.73. The number of amidine groups is 1. The van der Waals surface area contributed by atoms with Crippen molar-refractivity contribution in [3.8, 4) is 23.1 Å². The average molecular weight is 568 g/mol. The molecule has 0 aliphatic heterocycles. The molecule has 0 fully saturated rings. The molecule has 0 aliphatic carbocycles. The summed E-state index contributed by atoms with van der Waals surface area (Å²) in [4.78, 5) is 16.8. The Hall–Kier alpha value is -4.29. The number of aliphatic hydroxyl groups excluding tert-OH is 1. The van der Waals surface area contributed by atoms with Crippen molar-refractivity contribution < 1.29 is 27.7 Å². The van der Waals surface area contributed by atoms with Gasteiger partial charge in [-0.2, -0.15) is 4.98 Å². The minimum absolute atomic E-state index is 0.00534. The predicted molar refractivity (Wildman–Crippen MR) is 155 cm³/mol. The monoisotopic (exact) mass is 567 g/mol. The number of para-hydroxylation sites is 2. The van der Waals surface area contributed by atoms with E-state index in [1.54, 1.807) is 49.4 Å². The quantitative estimate of drug-likeness (QED) is 0.250. The van der Waals surface area contributed by atoms with Crippen LogP contribution in [0, 0.1) is 0 Å². The number of anilines is 1. The number of aromatic nitrogens is 2. The lowest BCUT2D eigenvalue weighted by atomic mass is 9.87. The Morgan fingerprint density at radius 2 is 1.77 bits per heavy atom. The molecule has 0 aliphatic rings. The first-order valence-electron chi connectivity index (χ1n) is 12.3. The number of methoxy groups -OCH3 is 1. The summed E-state index contributed by atoms with van der Waals surface area (Å²) in [6.07, 6.45) is 3.12. The molecular weight excluding hydrogens is 534 g/mol. The lowest BCUT2D eigenvalue weighted by Crippen LogP contribution is -2.18. The number of nitrogens with one attached hydrogen (secondary N) is 1. The molecule has 2 N–H and O–H groups in total. The molecule has 1 aromatic heterocycles. The van der Waals surface area contributed by atoms with Crippen LogP contribution in [0.25, 0.3) is 0 Å². The van der Waals surface area contributed by atoms with Gasteiger partial charge in [-0.1, -0.05) is 51.1 Å². The maximum Gasteiger partial charge on any atom is 0.263 e. The van der Waals surface area contributed by atoms with Gasteiger partial charge in [0.05, 0.1) is 18.6 Å². The normalized spacial score (nSPS) is 12.3. The molecule has 40 heavy (non-hydrogen) atoms. The van der Waals surface area contributed by atoms with Crippen molar-refractivity contribution in [1.82, 2.24) is 9.97 Å². The summed E-state index contributed by atoms with van der Waals surface area (Å²) in [7, 11) is -2.70. The van der Waals surface area contributed by atoms with Crippen molar-refractivity contribution in [2.45, 2.75) is 38.0 Å². The van der Waals surface area contributed by atoms with Crippen LogP contribution in [0.4, 0.5) is 5.82 Å². The second-order valence-corrected chi connectivity index (χ2v) is 11.0. The number of allylic oxidation sites excluding steroid dienone is 1. The van der Waals surface area contributed by atoms with Gasteiger partial charge in [0.2, 0.25) is 11.6 Å². The number of rotatable bonds is 11. The van der Waals surface area contributed by atoms with Gasteiger partial charge in [-0.15, -0.1) is 0 Å². The van der Waals surface area contributed by atoms with Gasteiger partial charge in [0.15, 0.2) is 23.2 Å². The third-order valence-electron chi connectivity index (χ3n) is 5.40. The highest BCUT2D eigenvalue weighted by Crippen LogP contribution is 2.40. The molecule has 0 saturated carbocycles. The van der Waals surface area contributed by atoms with E-state index in [1.165, 1.54) is 25.4 Å². The fourth-order valence-electron chi connectivity index (χ4n) is 3.38. The smallest absolute Gasteiger partial charge is 0.263 e. The van der Waals surface area contributed by atoms with E-state index in [0.717, 1.165) is 5.56 Å². The van der Waals surface area contributed by atoms with Gasteiger partial charge in [0.1, 0.15) is 6.61 Å². The van der Waals surface area contributed by atoms with Crippen LogP contribution in [0.1, 0.15) is 39.1 Å². The Morgan fingerprint density at radius 3 is 2.35 bits per heavy atom. The molecule has 0 amide bonds. The number of nitrogens with zero attached hydrogens (tertiary/aromatic N) is 4. The molecule has 0 unspecified atom stereocenters. The van der Waals surface area contributed by atoms with Crippen LogP contribution in [0.3, 0.4) is 0 Å². The summed E-state index contributed by atoms with van der Waals surface area (Å²) in [5.41, 5.74) is 0.810. The number of sulfonamides is 1. The molecule has 2 aromatic carbocycles. The van der Waals surface area contributed by atoms with Crippen molar-refractivity contribution in [2.75, 3.05) is 25.0 Å². The molecular formula is C28H33N5O6S. The van der Waals surface area contributed by atoms with Crippen LogP contribution in [0.15, 0.2) is 75.7 Å². The van der Waals surface area contributed by atoms with Crippen LogP contribution in [-0.2, 0) is 15.4 Å². The number of hydrogen-bond acceptors (Lipinski definition) is 9. The number of aliphatic imine (C=N–C) groups is 2. The Balaban J connectivity index is 2.22. The standard InChI is InChI=1S/C28H33N5O6S/c1-7-16-30-25(29-5)26-31-24(33-40(35,36)20-14-12-19(13-15-20)28(2,3)4)23(27(32-26)38-18-17-34)39-22-11-9-8-10-21(22)37-6/h7-16,34H,5,17-18H2,1-4,6H3,(H,31,32,33)/b16-7-,30-25?.